The number of halogens is 2. The van der Waals surface area contributed by atoms with E-state index in [0.29, 0.717) is 0 Å². The van der Waals surface area contributed by atoms with Crippen molar-refractivity contribution in [2.45, 2.75) is 13.0 Å². The number of aliphatic hydroxyl groups is 1. The maximum Gasteiger partial charge on any atom is 0.165 e. The summed E-state index contributed by atoms with van der Waals surface area (Å²) in [5, 5.41) is 13.9. The second-order valence-electron chi connectivity index (χ2n) is 3.92. The fourth-order valence-corrected chi connectivity index (χ4v) is 1.61. The minimum atomic E-state index is -1.26. The number of aromatic nitrogens is 2. The lowest BCUT2D eigenvalue weighted by atomic mass is 10.0. The Balaban J connectivity index is 2.44. The third-order valence-electron chi connectivity index (χ3n) is 2.61. The Bertz CT molecular complexity index is 551. The van der Waals surface area contributed by atoms with Gasteiger partial charge in [-0.25, -0.2) is 8.78 Å². The molecule has 2 aromatic rings. The normalized spacial score (nSPS) is 12.8. The van der Waals surface area contributed by atoms with Crippen LogP contribution in [0.4, 0.5) is 8.78 Å². The minimum absolute atomic E-state index is 0.105. The Labute approximate surface area is 97.3 Å². The van der Waals surface area contributed by atoms with Crippen molar-refractivity contribution in [1.82, 2.24) is 9.78 Å². The molecule has 0 aliphatic heterocycles. The van der Waals surface area contributed by atoms with Gasteiger partial charge >= 0.3 is 0 Å². The van der Waals surface area contributed by atoms with Gasteiger partial charge in [-0.1, -0.05) is 12.1 Å². The Morgan fingerprint density at radius 1 is 1.24 bits per heavy atom. The number of aliphatic hydroxyl groups excluding tert-OH is 1. The molecule has 1 atom stereocenters. The van der Waals surface area contributed by atoms with Gasteiger partial charge in [0, 0.05) is 18.8 Å². The third kappa shape index (κ3) is 2.06. The van der Waals surface area contributed by atoms with Crippen LogP contribution in [0, 0.1) is 18.6 Å². The Hall–Kier alpha value is -1.75. The molecule has 0 radical (unpaired) electrons. The Kier molecular flexibility index (Phi) is 2.93. The fraction of sp³-hybridized carbons (Fsp3) is 0.250. The SMILES string of the molecule is Cc1ccc(C(O)c2ccn(C)n2)c(F)c1F. The van der Waals surface area contributed by atoms with E-state index in [0.717, 1.165) is 0 Å². The highest BCUT2D eigenvalue weighted by Gasteiger charge is 2.20. The molecule has 1 heterocycles. The molecule has 0 saturated carbocycles. The second-order valence-corrected chi connectivity index (χ2v) is 3.92. The van der Waals surface area contributed by atoms with Crippen molar-refractivity contribution in [3.05, 3.63) is 52.9 Å². The molecule has 0 aliphatic carbocycles. The third-order valence-corrected chi connectivity index (χ3v) is 2.61. The first-order valence-corrected chi connectivity index (χ1v) is 5.13. The molecule has 1 unspecified atom stereocenters. The summed E-state index contributed by atoms with van der Waals surface area (Å²) in [5.41, 5.74) is 0.390. The van der Waals surface area contributed by atoms with Crippen LogP contribution < -0.4 is 0 Å². The molecule has 3 nitrogen and oxygen atoms in total. The zero-order chi connectivity index (χ0) is 12.6. The van der Waals surface area contributed by atoms with E-state index in [-0.39, 0.29) is 16.8 Å². The van der Waals surface area contributed by atoms with Crippen LogP contribution in [0.1, 0.15) is 22.9 Å². The average molecular weight is 238 g/mol. The predicted molar refractivity (Wildman–Crippen MR) is 58.4 cm³/mol. The second kappa shape index (κ2) is 4.25. The van der Waals surface area contributed by atoms with E-state index in [4.69, 9.17) is 0 Å². The lowest BCUT2D eigenvalue weighted by molar-refractivity contribution is 0.207. The summed E-state index contributed by atoms with van der Waals surface area (Å²) in [7, 11) is 1.68. The number of hydrogen-bond acceptors (Lipinski definition) is 2. The summed E-state index contributed by atoms with van der Waals surface area (Å²) in [6.07, 6.45) is 0.368. The summed E-state index contributed by atoms with van der Waals surface area (Å²) in [6.45, 7) is 1.47. The van der Waals surface area contributed by atoms with Crippen LogP contribution in [0.25, 0.3) is 0 Å². The van der Waals surface area contributed by atoms with Gasteiger partial charge in [0.05, 0.1) is 5.69 Å². The Morgan fingerprint density at radius 3 is 2.53 bits per heavy atom. The monoisotopic (exact) mass is 238 g/mol. The zero-order valence-electron chi connectivity index (χ0n) is 9.48. The molecule has 90 valence electrons. The van der Waals surface area contributed by atoms with Crippen LogP contribution in [-0.4, -0.2) is 14.9 Å². The zero-order valence-corrected chi connectivity index (χ0v) is 9.48. The van der Waals surface area contributed by atoms with Crippen molar-refractivity contribution < 1.29 is 13.9 Å². The lowest BCUT2D eigenvalue weighted by Gasteiger charge is -2.10. The van der Waals surface area contributed by atoms with Crippen LogP contribution in [0.3, 0.4) is 0 Å². The fourth-order valence-electron chi connectivity index (χ4n) is 1.61. The molecule has 1 N–H and O–H groups in total. The van der Waals surface area contributed by atoms with E-state index < -0.39 is 17.7 Å². The first-order chi connectivity index (χ1) is 8.00. The highest BCUT2D eigenvalue weighted by molar-refractivity contribution is 5.31. The van der Waals surface area contributed by atoms with Crippen molar-refractivity contribution >= 4 is 0 Å². The Morgan fingerprint density at radius 2 is 1.94 bits per heavy atom. The number of aryl methyl sites for hydroxylation is 2. The quantitative estimate of drug-likeness (QED) is 0.870. The van der Waals surface area contributed by atoms with Gasteiger partial charge in [-0.2, -0.15) is 5.10 Å². The summed E-state index contributed by atoms with van der Waals surface area (Å²) < 4.78 is 28.5. The van der Waals surface area contributed by atoms with Crippen molar-refractivity contribution in [2.75, 3.05) is 0 Å². The lowest BCUT2D eigenvalue weighted by Crippen LogP contribution is -2.06. The van der Waals surface area contributed by atoms with Gasteiger partial charge in [-0.3, -0.25) is 4.68 Å². The predicted octanol–water partition coefficient (Wildman–Crippen LogP) is 2.09. The van der Waals surface area contributed by atoms with E-state index in [1.165, 1.54) is 23.7 Å². The van der Waals surface area contributed by atoms with E-state index in [2.05, 4.69) is 5.10 Å². The first kappa shape index (κ1) is 11.7. The molecule has 17 heavy (non-hydrogen) atoms. The molecular weight excluding hydrogens is 226 g/mol. The number of benzene rings is 1. The van der Waals surface area contributed by atoms with Crippen molar-refractivity contribution in [1.29, 1.82) is 0 Å². The number of rotatable bonds is 2. The minimum Gasteiger partial charge on any atom is -0.382 e. The van der Waals surface area contributed by atoms with Crippen LogP contribution in [0.15, 0.2) is 24.4 Å². The summed E-state index contributed by atoms with van der Waals surface area (Å²) >= 11 is 0. The summed E-state index contributed by atoms with van der Waals surface area (Å²) in [6, 6.07) is 4.36. The van der Waals surface area contributed by atoms with Crippen LogP contribution in [0.5, 0.6) is 0 Å². The maximum atomic E-state index is 13.6. The highest BCUT2D eigenvalue weighted by Crippen LogP contribution is 2.25. The smallest absolute Gasteiger partial charge is 0.165 e. The van der Waals surface area contributed by atoms with Gasteiger partial charge in [-0.05, 0) is 18.6 Å². The van der Waals surface area contributed by atoms with E-state index >= 15 is 0 Å². The number of hydrogen-bond donors (Lipinski definition) is 1. The van der Waals surface area contributed by atoms with Gasteiger partial charge in [0.1, 0.15) is 6.10 Å². The molecular formula is C12H12F2N2O. The molecule has 0 bridgehead atoms. The van der Waals surface area contributed by atoms with E-state index in [1.807, 2.05) is 0 Å². The topological polar surface area (TPSA) is 38.0 Å². The van der Waals surface area contributed by atoms with Gasteiger partial charge < -0.3 is 5.11 Å². The molecule has 2 rings (SSSR count). The largest absolute Gasteiger partial charge is 0.382 e. The van der Waals surface area contributed by atoms with Gasteiger partial charge in [0.2, 0.25) is 0 Å². The molecule has 1 aromatic carbocycles. The average Bonchev–Trinajstić information content (AvgIpc) is 2.72. The molecule has 1 aromatic heterocycles. The van der Waals surface area contributed by atoms with Crippen molar-refractivity contribution in [2.24, 2.45) is 7.05 Å². The summed E-state index contributed by atoms with van der Waals surface area (Å²) in [5.74, 6) is -1.96. The molecule has 0 spiro atoms. The van der Waals surface area contributed by atoms with Crippen LogP contribution in [0.2, 0.25) is 0 Å². The molecule has 0 aliphatic rings. The van der Waals surface area contributed by atoms with Crippen molar-refractivity contribution in [3.8, 4) is 0 Å². The van der Waals surface area contributed by atoms with Crippen LogP contribution >= 0.6 is 0 Å². The molecule has 5 heteroatoms. The highest BCUT2D eigenvalue weighted by atomic mass is 19.2. The van der Waals surface area contributed by atoms with Crippen LogP contribution in [-0.2, 0) is 7.05 Å². The van der Waals surface area contributed by atoms with Gasteiger partial charge in [-0.15, -0.1) is 0 Å². The maximum absolute atomic E-state index is 13.6. The van der Waals surface area contributed by atoms with Gasteiger partial charge in [0.25, 0.3) is 0 Å². The van der Waals surface area contributed by atoms with Gasteiger partial charge in [0.15, 0.2) is 11.6 Å². The summed E-state index contributed by atoms with van der Waals surface area (Å²) in [4.78, 5) is 0. The van der Waals surface area contributed by atoms with Crippen molar-refractivity contribution in [3.63, 3.8) is 0 Å². The molecule has 0 saturated heterocycles. The number of nitrogens with zero attached hydrogens (tertiary/aromatic N) is 2. The molecule has 0 fully saturated rings. The van der Waals surface area contributed by atoms with E-state index in [1.54, 1.807) is 19.3 Å². The van der Waals surface area contributed by atoms with E-state index in [9.17, 15) is 13.9 Å². The molecule has 0 amide bonds. The standard InChI is InChI=1S/C12H12F2N2O/c1-7-3-4-8(11(14)10(7)13)12(17)9-5-6-16(2)15-9/h3-6,12,17H,1-2H3. The first-order valence-electron chi connectivity index (χ1n) is 5.13.